The van der Waals surface area contributed by atoms with Crippen molar-refractivity contribution in [1.82, 2.24) is 24.2 Å². The van der Waals surface area contributed by atoms with Gasteiger partial charge in [0.2, 0.25) is 5.91 Å². The maximum atomic E-state index is 15.2. The average molecular weight is 673 g/mol. The number of nitrogens with zero attached hydrogens (tertiary/aromatic N) is 5. The molecule has 3 aromatic carbocycles. The van der Waals surface area contributed by atoms with E-state index in [1.165, 1.54) is 5.56 Å². The molecule has 4 aromatic rings. The molecule has 0 bridgehead atoms. The number of amides is 3. The van der Waals surface area contributed by atoms with Crippen molar-refractivity contribution >= 4 is 17.8 Å². The number of likely N-dealkylation sites (N-methyl/N-ethyl adjacent to an activating group) is 1. The second-order valence-electron chi connectivity index (χ2n) is 14.4. The van der Waals surface area contributed by atoms with E-state index in [0.717, 1.165) is 83.8 Å². The number of aromatic nitrogens is 1. The van der Waals surface area contributed by atoms with E-state index in [1.807, 2.05) is 68.1 Å². The van der Waals surface area contributed by atoms with Gasteiger partial charge < -0.3 is 20.4 Å². The van der Waals surface area contributed by atoms with Gasteiger partial charge in [0.1, 0.15) is 0 Å². The summed E-state index contributed by atoms with van der Waals surface area (Å²) in [5, 5.41) is 0. The van der Waals surface area contributed by atoms with Crippen molar-refractivity contribution in [1.29, 1.82) is 0 Å². The molecule has 3 amide bonds. The molecule has 0 aliphatic carbocycles. The van der Waals surface area contributed by atoms with Crippen molar-refractivity contribution in [2.24, 2.45) is 5.73 Å². The normalized spacial score (nSPS) is 18.1. The van der Waals surface area contributed by atoms with Gasteiger partial charge in [-0.25, -0.2) is 4.79 Å². The van der Waals surface area contributed by atoms with Crippen LogP contribution in [0.4, 0.5) is 4.79 Å². The molecule has 7 rings (SSSR count). The average Bonchev–Trinajstić information content (AvgIpc) is 3.35. The molecule has 1 saturated heterocycles. The topological polar surface area (TPSA) is 95.1 Å². The van der Waals surface area contributed by atoms with E-state index in [-0.39, 0.29) is 17.9 Å². The number of rotatable bonds is 6. The van der Waals surface area contributed by atoms with Gasteiger partial charge in [-0.15, -0.1) is 0 Å². The molecule has 1 atom stereocenters. The zero-order chi connectivity index (χ0) is 35.1. The summed E-state index contributed by atoms with van der Waals surface area (Å²) in [7, 11) is 2.16. The number of carbonyl (C=O) groups is 3. The fraction of sp³-hybridized carbons (Fsp3) is 0.390. The van der Waals surface area contributed by atoms with Crippen molar-refractivity contribution in [2.45, 2.75) is 59.2 Å². The highest BCUT2D eigenvalue weighted by Crippen LogP contribution is 2.38. The third-order valence-electron chi connectivity index (χ3n) is 11.3. The summed E-state index contributed by atoms with van der Waals surface area (Å²) in [6.45, 7) is 12.2. The molecule has 3 aliphatic heterocycles. The smallest absolute Gasteiger partial charge is 0.323 e. The van der Waals surface area contributed by atoms with Crippen LogP contribution in [0.2, 0.25) is 0 Å². The molecule has 1 fully saturated rings. The van der Waals surface area contributed by atoms with E-state index in [1.54, 1.807) is 4.57 Å². The van der Waals surface area contributed by atoms with Crippen LogP contribution in [-0.4, -0.2) is 94.4 Å². The first-order chi connectivity index (χ1) is 24.1. The highest BCUT2D eigenvalue weighted by Gasteiger charge is 2.35. The molecule has 0 saturated carbocycles. The Morgan fingerprint density at radius 2 is 1.48 bits per heavy atom. The van der Waals surface area contributed by atoms with Crippen LogP contribution >= 0.6 is 0 Å². The Balaban J connectivity index is 1.30. The molecule has 260 valence electrons. The number of nitrogens with two attached hydrogens (primary N) is 1. The van der Waals surface area contributed by atoms with Crippen molar-refractivity contribution in [3.05, 3.63) is 117 Å². The van der Waals surface area contributed by atoms with Crippen LogP contribution in [0.1, 0.15) is 55.0 Å². The summed E-state index contributed by atoms with van der Waals surface area (Å²) in [5.41, 5.74) is 16.2. The Bertz CT molecular complexity index is 1940. The van der Waals surface area contributed by atoms with Crippen LogP contribution < -0.4 is 5.73 Å². The molecule has 3 aliphatic rings. The molecular weight excluding hydrogens is 624 g/mol. The van der Waals surface area contributed by atoms with E-state index in [4.69, 9.17) is 5.73 Å². The van der Waals surface area contributed by atoms with Gasteiger partial charge in [0.25, 0.3) is 5.91 Å². The number of benzene rings is 3. The van der Waals surface area contributed by atoms with Gasteiger partial charge in [0.15, 0.2) is 0 Å². The molecule has 0 unspecified atom stereocenters. The molecule has 2 N–H and O–H groups in total. The Hall–Kier alpha value is -4.73. The summed E-state index contributed by atoms with van der Waals surface area (Å²) in [6.07, 6.45) is 1.78. The minimum atomic E-state index is -0.567. The van der Waals surface area contributed by atoms with Crippen LogP contribution in [0, 0.1) is 20.8 Å². The molecule has 0 radical (unpaired) electrons. The lowest BCUT2D eigenvalue weighted by atomic mass is 9.88. The van der Waals surface area contributed by atoms with Gasteiger partial charge in [0.05, 0.1) is 12.1 Å². The second kappa shape index (κ2) is 13.9. The standard InChI is InChI=1S/C41H48N6O3/c1-27-28(2)39(47(29(27)3)41(42)50)36-22-32-14-15-45(38(48)20-30-10-6-5-7-11-30)24-34(32)23-37(36)40(49)46-25-33-13-9-8-12-31(33)21-35(46)26-44-18-16-43(4)17-19-44/h5-13,22-23,35H,14-21,24-26H2,1-4H3,(H2,42,50)/t35-/m0/s1. The van der Waals surface area contributed by atoms with Gasteiger partial charge in [0, 0.05) is 75.2 Å². The SMILES string of the molecule is Cc1c(C)c(-c2cc3c(cc2C(=O)N2Cc4ccccc4C[C@H]2CN2CCN(C)CC2)CN(C(=O)Cc2ccccc2)CC3)n(C(N)=O)c1C. The zero-order valence-corrected chi connectivity index (χ0v) is 29.7. The van der Waals surface area contributed by atoms with Crippen molar-refractivity contribution < 1.29 is 14.4 Å². The Morgan fingerprint density at radius 1 is 0.780 bits per heavy atom. The predicted octanol–water partition coefficient (Wildman–Crippen LogP) is 4.95. The van der Waals surface area contributed by atoms with Crippen LogP contribution in [0.3, 0.4) is 0 Å². The summed E-state index contributed by atoms with van der Waals surface area (Å²) in [6, 6.07) is 21.8. The Kier molecular flexibility index (Phi) is 9.37. The molecule has 4 heterocycles. The third-order valence-corrected chi connectivity index (χ3v) is 11.3. The quantitative estimate of drug-likeness (QED) is 0.313. The first kappa shape index (κ1) is 33.8. The fourth-order valence-corrected chi connectivity index (χ4v) is 8.10. The number of carbonyl (C=O) groups excluding carboxylic acids is 3. The fourth-order valence-electron chi connectivity index (χ4n) is 8.10. The third kappa shape index (κ3) is 6.48. The maximum Gasteiger partial charge on any atom is 0.323 e. The largest absolute Gasteiger partial charge is 0.351 e. The Morgan fingerprint density at radius 3 is 2.20 bits per heavy atom. The van der Waals surface area contributed by atoms with E-state index >= 15 is 4.79 Å². The number of primary amides is 1. The summed E-state index contributed by atoms with van der Waals surface area (Å²) < 4.78 is 1.56. The number of fused-ring (bicyclic) bond motifs is 2. The Labute approximate surface area is 295 Å². The second-order valence-corrected chi connectivity index (χ2v) is 14.4. The van der Waals surface area contributed by atoms with Crippen LogP contribution in [-0.2, 0) is 37.1 Å². The zero-order valence-electron chi connectivity index (χ0n) is 29.7. The molecule has 1 aromatic heterocycles. The lowest BCUT2D eigenvalue weighted by molar-refractivity contribution is -0.131. The van der Waals surface area contributed by atoms with Gasteiger partial charge >= 0.3 is 6.03 Å². The van der Waals surface area contributed by atoms with Crippen LogP contribution in [0.15, 0.2) is 66.7 Å². The van der Waals surface area contributed by atoms with E-state index in [2.05, 4.69) is 46.0 Å². The number of hydrogen-bond acceptors (Lipinski definition) is 5. The van der Waals surface area contributed by atoms with Gasteiger partial charge in [-0.05, 0) is 91.7 Å². The van der Waals surface area contributed by atoms with Crippen molar-refractivity contribution in [2.75, 3.05) is 46.3 Å². The monoisotopic (exact) mass is 672 g/mol. The highest BCUT2D eigenvalue weighted by molar-refractivity contribution is 6.03. The molecule has 9 nitrogen and oxygen atoms in total. The van der Waals surface area contributed by atoms with Crippen molar-refractivity contribution in [3.63, 3.8) is 0 Å². The van der Waals surface area contributed by atoms with Crippen LogP contribution in [0.5, 0.6) is 0 Å². The minimum absolute atomic E-state index is 0.0128. The molecule has 9 heteroatoms. The predicted molar refractivity (Wildman–Crippen MR) is 196 cm³/mol. The van der Waals surface area contributed by atoms with Crippen molar-refractivity contribution in [3.8, 4) is 11.3 Å². The lowest BCUT2D eigenvalue weighted by Crippen LogP contribution is -2.53. The molecular formula is C41H48N6O3. The first-order valence-corrected chi connectivity index (χ1v) is 17.8. The highest BCUT2D eigenvalue weighted by atomic mass is 16.2. The maximum absolute atomic E-state index is 15.2. The number of piperazine rings is 1. The lowest BCUT2D eigenvalue weighted by Gasteiger charge is -2.42. The minimum Gasteiger partial charge on any atom is -0.351 e. The summed E-state index contributed by atoms with van der Waals surface area (Å²) in [4.78, 5) is 50.5. The molecule has 50 heavy (non-hydrogen) atoms. The summed E-state index contributed by atoms with van der Waals surface area (Å²) in [5.74, 6) is 0.0134. The number of hydrogen-bond donors (Lipinski definition) is 1. The van der Waals surface area contributed by atoms with Gasteiger partial charge in [-0.1, -0.05) is 54.6 Å². The summed E-state index contributed by atoms with van der Waals surface area (Å²) >= 11 is 0. The van der Waals surface area contributed by atoms with Gasteiger partial charge in [-0.3, -0.25) is 19.1 Å². The van der Waals surface area contributed by atoms with Crippen LogP contribution in [0.25, 0.3) is 11.3 Å². The van der Waals surface area contributed by atoms with E-state index < -0.39 is 6.03 Å². The van der Waals surface area contributed by atoms with E-state index in [0.29, 0.717) is 43.7 Å². The van der Waals surface area contributed by atoms with E-state index in [9.17, 15) is 9.59 Å². The van der Waals surface area contributed by atoms with Gasteiger partial charge in [-0.2, -0.15) is 0 Å². The molecule has 0 spiro atoms. The first-order valence-electron chi connectivity index (χ1n) is 17.8.